The van der Waals surface area contributed by atoms with Crippen LogP contribution in [0.2, 0.25) is 0 Å². The molecular formula is C19H24N4O4. The highest BCUT2D eigenvalue weighted by Crippen LogP contribution is 2.18. The average molecular weight is 372 g/mol. The number of amides is 2. The first-order chi connectivity index (χ1) is 12.7. The molecule has 1 aromatic carbocycles. The van der Waals surface area contributed by atoms with Gasteiger partial charge in [0.05, 0.1) is 23.1 Å². The number of carbonyl (C=O) groups excluding carboxylic acids is 2. The molecule has 27 heavy (non-hydrogen) atoms. The molecule has 8 nitrogen and oxygen atoms in total. The van der Waals surface area contributed by atoms with Crippen LogP contribution in [0.3, 0.4) is 0 Å². The molecule has 0 saturated heterocycles. The number of aromatic nitrogens is 2. The molecule has 0 radical (unpaired) electrons. The van der Waals surface area contributed by atoms with E-state index in [2.05, 4.69) is 10.4 Å². The second-order valence-electron chi connectivity index (χ2n) is 6.39. The normalized spacial score (nSPS) is 11.7. The zero-order valence-corrected chi connectivity index (χ0v) is 15.9. The highest BCUT2D eigenvalue weighted by Gasteiger charge is 2.28. The van der Waals surface area contributed by atoms with Gasteiger partial charge in [-0.2, -0.15) is 5.10 Å². The Bertz CT molecular complexity index is 859. The standard InChI is InChI=1S/C19H24N4O4/c1-12-6-5-7-16(10-12)23-13(2)17(11-21-23)18(25)22(14(3)19(26)27)9-8-20-15(4)24/h5-7,10-11,14H,8-9H2,1-4H3,(H,20,24)(H,26,27). The van der Waals surface area contributed by atoms with Crippen molar-refractivity contribution in [1.82, 2.24) is 20.0 Å². The largest absolute Gasteiger partial charge is 0.480 e. The second kappa shape index (κ2) is 8.48. The first kappa shape index (κ1) is 20.2. The van der Waals surface area contributed by atoms with Gasteiger partial charge in [-0.15, -0.1) is 0 Å². The van der Waals surface area contributed by atoms with Crippen LogP contribution in [0, 0.1) is 13.8 Å². The number of aryl methyl sites for hydroxylation is 1. The number of nitrogens with zero attached hydrogens (tertiary/aromatic N) is 3. The Morgan fingerprint density at radius 1 is 1.30 bits per heavy atom. The highest BCUT2D eigenvalue weighted by atomic mass is 16.4. The Hall–Kier alpha value is -3.16. The van der Waals surface area contributed by atoms with E-state index in [1.54, 1.807) is 11.6 Å². The first-order valence-corrected chi connectivity index (χ1v) is 8.62. The molecule has 1 heterocycles. The van der Waals surface area contributed by atoms with Crippen LogP contribution in [0.4, 0.5) is 0 Å². The summed E-state index contributed by atoms with van der Waals surface area (Å²) >= 11 is 0. The summed E-state index contributed by atoms with van der Waals surface area (Å²) in [6.45, 7) is 6.79. The van der Waals surface area contributed by atoms with Crippen molar-refractivity contribution >= 4 is 17.8 Å². The summed E-state index contributed by atoms with van der Waals surface area (Å²) in [6, 6.07) is 6.66. The number of hydrogen-bond acceptors (Lipinski definition) is 4. The van der Waals surface area contributed by atoms with Crippen molar-refractivity contribution in [3.8, 4) is 5.69 Å². The third kappa shape index (κ3) is 4.72. The van der Waals surface area contributed by atoms with Crippen molar-refractivity contribution in [2.24, 2.45) is 0 Å². The molecule has 2 N–H and O–H groups in total. The van der Waals surface area contributed by atoms with E-state index in [1.165, 1.54) is 24.9 Å². The van der Waals surface area contributed by atoms with Crippen LogP contribution in [0.15, 0.2) is 30.5 Å². The molecule has 144 valence electrons. The van der Waals surface area contributed by atoms with Crippen LogP contribution in [-0.2, 0) is 9.59 Å². The first-order valence-electron chi connectivity index (χ1n) is 8.62. The lowest BCUT2D eigenvalue weighted by Crippen LogP contribution is -2.46. The zero-order chi connectivity index (χ0) is 20.1. The number of hydrogen-bond donors (Lipinski definition) is 2. The molecule has 1 unspecified atom stereocenters. The van der Waals surface area contributed by atoms with Crippen LogP contribution in [0.5, 0.6) is 0 Å². The number of nitrogens with one attached hydrogen (secondary N) is 1. The number of carbonyl (C=O) groups is 3. The van der Waals surface area contributed by atoms with E-state index in [1.807, 2.05) is 31.2 Å². The van der Waals surface area contributed by atoms with Crippen molar-refractivity contribution in [2.45, 2.75) is 33.7 Å². The van der Waals surface area contributed by atoms with E-state index in [-0.39, 0.29) is 19.0 Å². The molecule has 0 aliphatic carbocycles. The molecule has 1 aromatic heterocycles. The fourth-order valence-electron chi connectivity index (χ4n) is 2.75. The summed E-state index contributed by atoms with van der Waals surface area (Å²) in [7, 11) is 0. The van der Waals surface area contributed by atoms with Crippen LogP contribution in [0.1, 0.15) is 35.5 Å². The van der Waals surface area contributed by atoms with E-state index < -0.39 is 17.9 Å². The van der Waals surface area contributed by atoms with E-state index in [9.17, 15) is 19.5 Å². The van der Waals surface area contributed by atoms with Gasteiger partial charge >= 0.3 is 5.97 Å². The van der Waals surface area contributed by atoms with Gasteiger partial charge in [0.15, 0.2) is 0 Å². The van der Waals surface area contributed by atoms with Gasteiger partial charge in [0.2, 0.25) is 5.91 Å². The molecule has 1 atom stereocenters. The number of benzene rings is 1. The van der Waals surface area contributed by atoms with E-state index >= 15 is 0 Å². The molecule has 0 fully saturated rings. The van der Waals surface area contributed by atoms with Gasteiger partial charge in [-0.3, -0.25) is 9.59 Å². The molecule has 0 bridgehead atoms. The summed E-state index contributed by atoms with van der Waals surface area (Å²) in [5, 5.41) is 16.2. The van der Waals surface area contributed by atoms with Gasteiger partial charge in [-0.25, -0.2) is 9.48 Å². The maximum atomic E-state index is 13.0. The Morgan fingerprint density at radius 3 is 2.59 bits per heavy atom. The van der Waals surface area contributed by atoms with Gasteiger partial charge < -0.3 is 15.3 Å². The lowest BCUT2D eigenvalue weighted by Gasteiger charge is -2.26. The predicted octanol–water partition coefficient (Wildman–Crippen LogP) is 1.54. The second-order valence-corrected chi connectivity index (χ2v) is 6.39. The molecule has 2 aromatic rings. The minimum absolute atomic E-state index is 0.0843. The van der Waals surface area contributed by atoms with Gasteiger partial charge in [0.1, 0.15) is 6.04 Å². The fourth-order valence-corrected chi connectivity index (χ4v) is 2.75. The quantitative estimate of drug-likeness (QED) is 0.767. The van der Waals surface area contributed by atoms with Gasteiger partial charge in [-0.05, 0) is 38.5 Å². The van der Waals surface area contributed by atoms with Gasteiger partial charge in [0.25, 0.3) is 5.91 Å². The molecule has 0 aliphatic rings. The minimum Gasteiger partial charge on any atom is -0.480 e. The number of carboxylic acids is 1. The molecule has 2 rings (SSSR count). The monoisotopic (exact) mass is 372 g/mol. The Kier molecular flexibility index (Phi) is 6.33. The SMILES string of the molecule is CC(=O)NCCN(C(=O)c1cnn(-c2cccc(C)c2)c1C)C(C)C(=O)O. The summed E-state index contributed by atoms with van der Waals surface area (Å²) < 4.78 is 1.65. The van der Waals surface area contributed by atoms with E-state index in [4.69, 9.17) is 0 Å². The lowest BCUT2D eigenvalue weighted by molar-refractivity contribution is -0.141. The summed E-state index contributed by atoms with van der Waals surface area (Å²) in [5.74, 6) is -1.80. The van der Waals surface area contributed by atoms with Crippen LogP contribution >= 0.6 is 0 Å². The fraction of sp³-hybridized carbons (Fsp3) is 0.368. The summed E-state index contributed by atoms with van der Waals surface area (Å²) in [5.41, 5.74) is 2.83. The number of carboxylic acid groups (broad SMARTS) is 1. The summed E-state index contributed by atoms with van der Waals surface area (Å²) in [4.78, 5) is 36.7. The lowest BCUT2D eigenvalue weighted by atomic mass is 10.1. The average Bonchev–Trinajstić information content (AvgIpc) is 2.99. The Labute approximate surface area is 157 Å². The summed E-state index contributed by atoms with van der Waals surface area (Å²) in [6.07, 6.45) is 1.44. The minimum atomic E-state index is -1.12. The molecule has 0 aliphatic heterocycles. The third-order valence-electron chi connectivity index (χ3n) is 4.30. The predicted molar refractivity (Wildman–Crippen MR) is 99.9 cm³/mol. The van der Waals surface area contributed by atoms with Gasteiger partial charge in [-0.1, -0.05) is 12.1 Å². The van der Waals surface area contributed by atoms with Crippen LogP contribution in [-0.4, -0.2) is 56.7 Å². The van der Waals surface area contributed by atoms with E-state index in [0.717, 1.165) is 11.3 Å². The van der Waals surface area contributed by atoms with E-state index in [0.29, 0.717) is 11.3 Å². The maximum absolute atomic E-state index is 13.0. The molecule has 0 spiro atoms. The van der Waals surface area contributed by atoms with Crippen molar-refractivity contribution < 1.29 is 19.5 Å². The Morgan fingerprint density at radius 2 is 2.00 bits per heavy atom. The molecular weight excluding hydrogens is 348 g/mol. The van der Waals surface area contributed by atoms with Gasteiger partial charge in [0, 0.05) is 20.0 Å². The van der Waals surface area contributed by atoms with Crippen molar-refractivity contribution in [3.05, 3.63) is 47.3 Å². The topological polar surface area (TPSA) is 105 Å². The molecule has 8 heteroatoms. The van der Waals surface area contributed by atoms with Crippen molar-refractivity contribution in [2.75, 3.05) is 13.1 Å². The smallest absolute Gasteiger partial charge is 0.326 e. The third-order valence-corrected chi connectivity index (χ3v) is 4.30. The zero-order valence-electron chi connectivity index (χ0n) is 15.9. The maximum Gasteiger partial charge on any atom is 0.326 e. The van der Waals surface area contributed by atoms with Crippen molar-refractivity contribution in [3.63, 3.8) is 0 Å². The number of rotatable bonds is 7. The number of aliphatic carboxylic acids is 1. The molecule has 2 amide bonds. The van der Waals surface area contributed by atoms with Crippen LogP contribution < -0.4 is 5.32 Å². The van der Waals surface area contributed by atoms with Crippen molar-refractivity contribution in [1.29, 1.82) is 0 Å². The Balaban J connectivity index is 2.31. The highest BCUT2D eigenvalue weighted by molar-refractivity contribution is 5.97. The molecule has 0 saturated carbocycles. The van der Waals surface area contributed by atoms with Crippen LogP contribution in [0.25, 0.3) is 5.69 Å².